The van der Waals surface area contributed by atoms with Crippen LogP contribution in [-0.2, 0) is 4.74 Å². The van der Waals surface area contributed by atoms with Crippen molar-refractivity contribution in [1.82, 2.24) is 0 Å². The van der Waals surface area contributed by atoms with Crippen molar-refractivity contribution in [2.75, 3.05) is 13.2 Å². The van der Waals surface area contributed by atoms with E-state index in [9.17, 15) is 0 Å². The minimum Gasteiger partial charge on any atom is -0.381 e. The van der Waals surface area contributed by atoms with Crippen LogP contribution >= 0.6 is 0 Å². The normalized spacial score (nSPS) is 17.0. The number of hydrogen-bond acceptors (Lipinski definition) is 3. The molecule has 0 amide bonds. The third-order valence-corrected chi connectivity index (χ3v) is 0.577. The number of ether oxygens (including phenoxy) is 1. The second-order valence-corrected chi connectivity index (χ2v) is 0.966. The molecule has 3 heteroatoms. The molecule has 0 bridgehead atoms. The molecule has 3 nitrogen and oxygen atoms in total. The third-order valence-electron chi connectivity index (χ3n) is 0.577. The first kappa shape index (κ1) is 5.88. The predicted molar refractivity (Wildman–Crippen MR) is 20.7 cm³/mol. The second kappa shape index (κ2) is 4.88. The van der Waals surface area contributed by atoms with Gasteiger partial charge in [0.05, 0.1) is 0 Å². The van der Waals surface area contributed by atoms with E-state index in [1.54, 1.807) is 0 Å². The maximum Gasteiger partial charge on any atom is 0.0488 e. The molecule has 0 radical (unpaired) electrons. The largest absolute Gasteiger partial charge is 0.381 e. The predicted octanol–water partition coefficient (Wildman–Crippen LogP) is 0.424. The first-order chi connectivity index (χ1) is 3.00. The summed E-state index contributed by atoms with van der Waals surface area (Å²) in [6.07, 6.45) is 1.28. The van der Waals surface area contributed by atoms with Crippen molar-refractivity contribution in [3.63, 3.8) is 0 Å². The van der Waals surface area contributed by atoms with Crippen LogP contribution in [-0.4, -0.2) is 23.7 Å². The number of hydrogen-bond donors (Lipinski definition) is 2. The Morgan fingerprint density at radius 1 is 1.17 bits per heavy atom. The molecule has 1 rings (SSSR count). The standard InChI is InChI=1S/C3H6O.H2O2/c1-2-4-3-1;1-2/h1-3H2;1-2H. The van der Waals surface area contributed by atoms with E-state index in [1.807, 2.05) is 0 Å². The van der Waals surface area contributed by atoms with Crippen LogP contribution in [0.25, 0.3) is 0 Å². The van der Waals surface area contributed by atoms with Gasteiger partial charge in [0, 0.05) is 13.2 Å². The summed E-state index contributed by atoms with van der Waals surface area (Å²) in [5.41, 5.74) is 0. The molecule has 0 spiro atoms. The van der Waals surface area contributed by atoms with Gasteiger partial charge in [-0.15, -0.1) is 0 Å². The average molecular weight is 92.1 g/mol. The van der Waals surface area contributed by atoms with E-state index >= 15 is 0 Å². The molecular weight excluding hydrogens is 84.0 g/mol. The lowest BCUT2D eigenvalue weighted by Crippen LogP contribution is -2.09. The van der Waals surface area contributed by atoms with Crippen molar-refractivity contribution in [2.45, 2.75) is 6.42 Å². The summed E-state index contributed by atoms with van der Waals surface area (Å²) in [5, 5.41) is 12.0. The summed E-state index contributed by atoms with van der Waals surface area (Å²) in [4.78, 5) is 0. The van der Waals surface area contributed by atoms with Crippen LogP contribution in [0.4, 0.5) is 0 Å². The summed E-state index contributed by atoms with van der Waals surface area (Å²) in [7, 11) is 0. The van der Waals surface area contributed by atoms with Gasteiger partial charge < -0.3 is 4.74 Å². The maximum absolute atomic E-state index is 6.00. The molecule has 0 aromatic carbocycles. The molecule has 2 N–H and O–H groups in total. The Morgan fingerprint density at radius 3 is 1.33 bits per heavy atom. The Kier molecular flexibility index (Phi) is 4.78. The van der Waals surface area contributed by atoms with Crippen molar-refractivity contribution in [1.29, 1.82) is 0 Å². The van der Waals surface area contributed by atoms with Crippen molar-refractivity contribution < 1.29 is 15.3 Å². The molecule has 0 aliphatic carbocycles. The van der Waals surface area contributed by atoms with E-state index in [0.29, 0.717) is 0 Å². The average Bonchev–Trinajstić information content (AvgIpc) is 1.36. The van der Waals surface area contributed by atoms with E-state index in [4.69, 9.17) is 15.3 Å². The van der Waals surface area contributed by atoms with Gasteiger partial charge in [0.1, 0.15) is 0 Å². The highest BCUT2D eigenvalue weighted by atomic mass is 17.0. The zero-order chi connectivity index (χ0) is 4.83. The SMILES string of the molecule is C1COC1.OO. The van der Waals surface area contributed by atoms with Gasteiger partial charge in [0.15, 0.2) is 0 Å². The van der Waals surface area contributed by atoms with E-state index in [-0.39, 0.29) is 0 Å². The molecular formula is C3H8O3. The quantitative estimate of drug-likeness (QED) is 0.336. The lowest BCUT2D eigenvalue weighted by atomic mass is 10.4. The van der Waals surface area contributed by atoms with E-state index < -0.39 is 0 Å². The van der Waals surface area contributed by atoms with E-state index in [1.165, 1.54) is 6.42 Å². The molecule has 0 atom stereocenters. The van der Waals surface area contributed by atoms with E-state index in [2.05, 4.69) is 0 Å². The summed E-state index contributed by atoms with van der Waals surface area (Å²) in [5.74, 6) is 0. The van der Waals surface area contributed by atoms with Crippen LogP contribution in [0.5, 0.6) is 0 Å². The molecule has 0 saturated carbocycles. The van der Waals surface area contributed by atoms with Gasteiger partial charge in [-0.1, -0.05) is 0 Å². The van der Waals surface area contributed by atoms with Crippen LogP contribution in [0.15, 0.2) is 0 Å². The number of rotatable bonds is 0. The molecule has 1 aliphatic heterocycles. The van der Waals surface area contributed by atoms with Crippen molar-refractivity contribution in [2.24, 2.45) is 0 Å². The molecule has 6 heavy (non-hydrogen) atoms. The highest BCUT2D eigenvalue weighted by Crippen LogP contribution is 1.92. The Morgan fingerprint density at radius 2 is 1.33 bits per heavy atom. The Hall–Kier alpha value is -0.120. The van der Waals surface area contributed by atoms with Gasteiger partial charge in [-0.25, -0.2) is 0 Å². The molecule has 1 fully saturated rings. The van der Waals surface area contributed by atoms with Crippen molar-refractivity contribution >= 4 is 0 Å². The minimum absolute atomic E-state index is 1.00. The van der Waals surface area contributed by atoms with Gasteiger partial charge in [0.2, 0.25) is 0 Å². The fourth-order valence-electron chi connectivity index (χ4n) is 0.144. The second-order valence-electron chi connectivity index (χ2n) is 0.966. The first-order valence-corrected chi connectivity index (χ1v) is 1.78. The summed E-state index contributed by atoms with van der Waals surface area (Å²) < 4.78 is 4.72. The summed E-state index contributed by atoms with van der Waals surface area (Å²) in [6.45, 7) is 2.00. The smallest absolute Gasteiger partial charge is 0.0488 e. The van der Waals surface area contributed by atoms with Gasteiger partial charge in [-0.2, -0.15) is 0 Å². The van der Waals surface area contributed by atoms with E-state index in [0.717, 1.165) is 13.2 Å². The molecule has 0 aromatic heterocycles. The summed E-state index contributed by atoms with van der Waals surface area (Å²) in [6, 6.07) is 0. The Bertz CT molecular complexity index is 14.0. The highest BCUT2D eigenvalue weighted by molar-refractivity contribution is 4.41. The van der Waals surface area contributed by atoms with Crippen molar-refractivity contribution in [3.05, 3.63) is 0 Å². The maximum atomic E-state index is 6.00. The first-order valence-electron chi connectivity index (χ1n) is 1.78. The minimum atomic E-state index is 1.00. The van der Waals surface area contributed by atoms with Crippen LogP contribution in [0.1, 0.15) is 6.42 Å². The van der Waals surface area contributed by atoms with Crippen LogP contribution in [0.2, 0.25) is 0 Å². The van der Waals surface area contributed by atoms with Gasteiger partial charge in [-0.3, -0.25) is 10.5 Å². The zero-order valence-corrected chi connectivity index (χ0v) is 3.42. The molecule has 1 aliphatic rings. The third kappa shape index (κ3) is 2.14. The Labute approximate surface area is 36.1 Å². The molecule has 38 valence electrons. The van der Waals surface area contributed by atoms with Crippen LogP contribution < -0.4 is 0 Å². The van der Waals surface area contributed by atoms with Crippen LogP contribution in [0, 0.1) is 0 Å². The highest BCUT2D eigenvalue weighted by Gasteiger charge is 1.94. The lowest BCUT2D eigenvalue weighted by Gasteiger charge is -2.09. The molecule has 1 saturated heterocycles. The van der Waals surface area contributed by atoms with Crippen LogP contribution in [0.3, 0.4) is 0 Å². The summed E-state index contributed by atoms with van der Waals surface area (Å²) >= 11 is 0. The molecule has 0 unspecified atom stereocenters. The van der Waals surface area contributed by atoms with Gasteiger partial charge >= 0.3 is 0 Å². The van der Waals surface area contributed by atoms with Crippen molar-refractivity contribution in [3.8, 4) is 0 Å². The fraction of sp³-hybridized carbons (Fsp3) is 1.00. The zero-order valence-electron chi connectivity index (χ0n) is 3.42. The molecule has 1 heterocycles. The Balaban J connectivity index is 0.000000112. The van der Waals surface area contributed by atoms with Gasteiger partial charge in [-0.05, 0) is 6.42 Å². The topological polar surface area (TPSA) is 49.7 Å². The molecule has 0 aromatic rings. The fourth-order valence-corrected chi connectivity index (χ4v) is 0.144. The monoisotopic (exact) mass is 92.0 g/mol. The van der Waals surface area contributed by atoms with Gasteiger partial charge in [0.25, 0.3) is 0 Å². The lowest BCUT2D eigenvalue weighted by molar-refractivity contribution is -0.176.